The van der Waals surface area contributed by atoms with Crippen molar-refractivity contribution in [3.05, 3.63) is 162 Å². The van der Waals surface area contributed by atoms with Crippen molar-refractivity contribution in [3.63, 3.8) is 0 Å². The van der Waals surface area contributed by atoms with E-state index in [1.165, 1.54) is 98.8 Å². The van der Waals surface area contributed by atoms with Crippen LogP contribution in [-0.2, 0) is 35.7 Å². The second kappa shape index (κ2) is 43.5. The summed E-state index contributed by atoms with van der Waals surface area (Å²) in [5.41, 5.74) is 6.53. The first-order chi connectivity index (χ1) is 38.8. The molecule has 7 rings (SSSR count). The van der Waals surface area contributed by atoms with Gasteiger partial charge in [0.2, 0.25) is 0 Å². The average Bonchev–Trinajstić information content (AvgIpc) is 4.26. The molecule has 0 N–H and O–H groups in total. The van der Waals surface area contributed by atoms with E-state index in [1.807, 2.05) is 37.3 Å². The standard InChI is InChI=1S/C16H25NO.2C15H23NO.C11H17N.C10H21N.C6H12/c1-5-6-12-17(14(2)3)13-11-15-7-9-16(18-4)10-8-15;2*1-13(2)16-10-6-9-15(16)12-17-11-14-7-4-3-5-8-14;1-10(2)12(3)9-11-7-5-4-6-8-11;1-4-6-10-7-5-8-11(10)9(2)3;1-5(2)6(3)4/h5,7-10,14H,1,6,11-13H2,2-4H3;2*3-5,7-8,13,15H,6,9-12H2,1-2H3;4-8,10H,9H2,1-3H3;9-10H,4-8H2,1-3H3;6H,1H2,2-4H3/t;2*15-;;10-;/m.10.1./s1. The van der Waals surface area contributed by atoms with Crippen molar-refractivity contribution in [3.8, 4) is 5.75 Å². The van der Waals surface area contributed by atoms with E-state index in [4.69, 9.17) is 14.2 Å². The predicted molar refractivity (Wildman–Crippen MR) is 353 cm³/mol. The number of allylic oxidation sites excluding steroid dienone is 1. The van der Waals surface area contributed by atoms with Crippen LogP contribution in [0.5, 0.6) is 5.75 Å². The number of benzene rings is 4. The summed E-state index contributed by atoms with van der Waals surface area (Å²) >= 11 is 0. The molecule has 0 saturated carbocycles. The molecule has 3 fully saturated rings. The number of likely N-dealkylation sites (tertiary alicyclic amines) is 3. The largest absolute Gasteiger partial charge is 0.497 e. The fourth-order valence-electron chi connectivity index (χ4n) is 10.4. The van der Waals surface area contributed by atoms with Crippen LogP contribution in [0.4, 0.5) is 0 Å². The zero-order chi connectivity index (χ0) is 60.0. The van der Waals surface area contributed by atoms with Crippen LogP contribution in [0.2, 0.25) is 0 Å². The van der Waals surface area contributed by atoms with Crippen molar-refractivity contribution in [2.45, 2.75) is 229 Å². The lowest BCUT2D eigenvalue weighted by Gasteiger charge is -2.28. The quantitative estimate of drug-likeness (QED) is 0.0608. The lowest BCUT2D eigenvalue weighted by Crippen LogP contribution is -2.38. The van der Waals surface area contributed by atoms with Crippen molar-refractivity contribution in [2.75, 3.05) is 60.1 Å². The third-order valence-corrected chi connectivity index (χ3v) is 16.1. The van der Waals surface area contributed by atoms with E-state index in [0.29, 0.717) is 42.2 Å². The Morgan fingerprint density at radius 1 is 0.568 bits per heavy atom. The van der Waals surface area contributed by atoms with Crippen LogP contribution < -0.4 is 4.74 Å². The Kier molecular flexibility index (Phi) is 39.2. The first-order valence-corrected chi connectivity index (χ1v) is 31.7. The van der Waals surface area contributed by atoms with Crippen molar-refractivity contribution in [1.29, 1.82) is 0 Å². The van der Waals surface area contributed by atoms with Crippen molar-refractivity contribution in [1.82, 2.24) is 24.5 Å². The molecule has 0 aliphatic carbocycles. The molecule has 4 aromatic rings. The van der Waals surface area contributed by atoms with Gasteiger partial charge in [-0.3, -0.25) is 19.6 Å². The molecule has 3 aliphatic heterocycles. The lowest BCUT2D eigenvalue weighted by molar-refractivity contribution is 0.0565. The third kappa shape index (κ3) is 31.9. The minimum absolute atomic E-state index is 0.586. The van der Waals surface area contributed by atoms with Gasteiger partial charge in [0, 0.05) is 68.0 Å². The zero-order valence-electron chi connectivity index (χ0n) is 54.8. The van der Waals surface area contributed by atoms with Gasteiger partial charge in [-0.05, 0) is 201 Å². The molecular formula is C73H121N5O3. The Balaban J connectivity index is 0.000000341. The first kappa shape index (κ1) is 73.0. The Hall–Kier alpha value is -4.12. The smallest absolute Gasteiger partial charge is 0.118 e. The van der Waals surface area contributed by atoms with Gasteiger partial charge in [-0.2, -0.15) is 0 Å². The van der Waals surface area contributed by atoms with Crippen LogP contribution >= 0.6 is 0 Å². The summed E-state index contributed by atoms with van der Waals surface area (Å²) in [4.78, 5) is 12.6. The Morgan fingerprint density at radius 3 is 1.33 bits per heavy atom. The van der Waals surface area contributed by atoms with E-state index in [-0.39, 0.29) is 0 Å². The molecular weight excluding hydrogens is 995 g/mol. The highest BCUT2D eigenvalue weighted by Crippen LogP contribution is 2.24. The molecule has 0 aromatic heterocycles. The molecule has 3 heterocycles. The second-order valence-electron chi connectivity index (χ2n) is 24.5. The highest BCUT2D eigenvalue weighted by atomic mass is 16.5. The number of methoxy groups -OCH3 is 1. The van der Waals surface area contributed by atoms with Gasteiger partial charge in [0.1, 0.15) is 5.75 Å². The fourth-order valence-corrected chi connectivity index (χ4v) is 10.4. The normalized spacial score (nSPS) is 17.3. The van der Waals surface area contributed by atoms with Gasteiger partial charge in [0.05, 0.1) is 33.5 Å². The molecule has 0 radical (unpaired) electrons. The molecule has 3 aliphatic rings. The molecule has 0 amide bonds. The van der Waals surface area contributed by atoms with E-state index in [9.17, 15) is 0 Å². The summed E-state index contributed by atoms with van der Waals surface area (Å²) in [6.45, 7) is 49.0. The van der Waals surface area contributed by atoms with Crippen molar-refractivity contribution >= 4 is 0 Å². The highest BCUT2D eigenvalue weighted by molar-refractivity contribution is 5.27. The summed E-state index contributed by atoms with van der Waals surface area (Å²) in [5.74, 6) is 1.58. The van der Waals surface area contributed by atoms with Gasteiger partial charge in [0.15, 0.2) is 0 Å². The van der Waals surface area contributed by atoms with Gasteiger partial charge >= 0.3 is 0 Å². The highest BCUT2D eigenvalue weighted by Gasteiger charge is 2.28. The first-order valence-electron chi connectivity index (χ1n) is 31.7. The average molecular weight is 1120 g/mol. The number of ether oxygens (including phenoxy) is 3. The number of hydrogen-bond donors (Lipinski definition) is 0. The minimum Gasteiger partial charge on any atom is -0.497 e. The molecule has 0 bridgehead atoms. The maximum absolute atomic E-state index is 5.84. The summed E-state index contributed by atoms with van der Waals surface area (Å²) in [5, 5.41) is 0. The van der Waals surface area contributed by atoms with Crippen LogP contribution in [0.3, 0.4) is 0 Å². The monoisotopic (exact) mass is 1120 g/mol. The maximum atomic E-state index is 5.84. The van der Waals surface area contributed by atoms with Gasteiger partial charge in [0.25, 0.3) is 0 Å². The van der Waals surface area contributed by atoms with Crippen LogP contribution in [0.25, 0.3) is 0 Å². The Morgan fingerprint density at radius 2 is 0.975 bits per heavy atom. The van der Waals surface area contributed by atoms with E-state index in [0.717, 1.165) is 76.7 Å². The van der Waals surface area contributed by atoms with Gasteiger partial charge in [-0.15, -0.1) is 6.58 Å². The lowest BCUT2D eigenvalue weighted by atomic mass is 10.1. The van der Waals surface area contributed by atoms with E-state index in [1.54, 1.807) is 7.11 Å². The van der Waals surface area contributed by atoms with Gasteiger partial charge in [-0.1, -0.05) is 149 Å². The van der Waals surface area contributed by atoms with Crippen LogP contribution in [-0.4, -0.2) is 133 Å². The molecule has 4 aromatic carbocycles. The van der Waals surface area contributed by atoms with E-state index in [2.05, 4.69) is 226 Å². The van der Waals surface area contributed by atoms with Crippen molar-refractivity contribution in [2.24, 2.45) is 5.92 Å². The predicted octanol–water partition coefficient (Wildman–Crippen LogP) is 17.1. The topological polar surface area (TPSA) is 43.9 Å². The number of nitrogens with zero attached hydrogens (tertiary/aromatic N) is 5. The Bertz CT molecular complexity index is 2040. The van der Waals surface area contributed by atoms with Crippen molar-refractivity contribution < 1.29 is 14.2 Å². The molecule has 0 unspecified atom stereocenters. The van der Waals surface area contributed by atoms with Crippen LogP contribution in [0.1, 0.15) is 177 Å². The third-order valence-electron chi connectivity index (χ3n) is 16.1. The summed E-state index contributed by atoms with van der Waals surface area (Å²) < 4.78 is 16.8. The molecule has 0 spiro atoms. The van der Waals surface area contributed by atoms with Gasteiger partial charge < -0.3 is 19.1 Å². The summed E-state index contributed by atoms with van der Waals surface area (Å²) in [6.07, 6.45) is 14.9. The molecule has 456 valence electrons. The van der Waals surface area contributed by atoms with Crippen LogP contribution in [0.15, 0.2) is 140 Å². The SMILES string of the molecule is C=C(C)C(C)C.C=CCCN(CCc1ccc(OC)cc1)C(C)C.CC(C)N(C)Cc1ccccc1.CC(C)N1CCC[C@@H]1COCc1ccccc1.CC(C)N1CCC[C@H]1COCc1ccccc1.CCC[C@@H]1CCCN1C(C)C. The molecule has 3 atom stereocenters. The fraction of sp³-hybridized carbons (Fsp3) is 0.616. The summed E-state index contributed by atoms with van der Waals surface area (Å²) in [6, 6.07) is 45.1. The molecule has 81 heavy (non-hydrogen) atoms. The zero-order valence-corrected chi connectivity index (χ0v) is 54.8. The number of rotatable bonds is 25. The molecule has 8 nitrogen and oxygen atoms in total. The maximum Gasteiger partial charge on any atom is 0.118 e. The van der Waals surface area contributed by atoms with E-state index >= 15 is 0 Å². The summed E-state index contributed by atoms with van der Waals surface area (Å²) in [7, 11) is 3.85. The Labute approximate surface area is 499 Å². The van der Waals surface area contributed by atoms with Crippen LogP contribution in [0, 0.1) is 5.92 Å². The second-order valence-corrected chi connectivity index (χ2v) is 24.5. The molecule has 8 heteroatoms. The number of hydrogen-bond acceptors (Lipinski definition) is 8. The minimum atomic E-state index is 0.586. The van der Waals surface area contributed by atoms with Gasteiger partial charge in [-0.25, -0.2) is 0 Å². The molecule has 3 saturated heterocycles. The van der Waals surface area contributed by atoms with E-state index < -0.39 is 0 Å².